The molecule has 0 aliphatic heterocycles. The summed E-state index contributed by atoms with van der Waals surface area (Å²) in [5.41, 5.74) is 1.50. The minimum Gasteiger partial charge on any atom is -0.481 e. The van der Waals surface area contributed by atoms with Gasteiger partial charge >= 0.3 is 11.9 Å². The molecule has 0 unspecified atom stereocenters. The van der Waals surface area contributed by atoms with Gasteiger partial charge in [-0.05, 0) is 104 Å². The molecule has 4 saturated carbocycles. The van der Waals surface area contributed by atoms with Gasteiger partial charge in [0, 0.05) is 12.3 Å². The van der Waals surface area contributed by atoms with Crippen LogP contribution < -0.4 is 0 Å². The van der Waals surface area contributed by atoms with Crippen molar-refractivity contribution in [1.82, 2.24) is 0 Å². The summed E-state index contributed by atoms with van der Waals surface area (Å²) in [5, 5.41) is 10.5. The molecule has 202 valence electrons. The van der Waals surface area contributed by atoms with E-state index < -0.39 is 11.4 Å². The molecule has 0 heterocycles. The molecule has 0 aromatic rings. The SMILES string of the molecule is CC(=O)O[C@@H]1CC[C@@]2(C)[C@@H](CC[C@]3(C)[C@H]2CC=C2[C@H]4CC(C)(C)CC[C@]4(C(=O)O)CC[C@]23C)C1(C)C. The van der Waals surface area contributed by atoms with Gasteiger partial charge in [-0.2, -0.15) is 0 Å². The topological polar surface area (TPSA) is 63.6 Å². The van der Waals surface area contributed by atoms with Crippen LogP contribution in [0.25, 0.3) is 0 Å². The van der Waals surface area contributed by atoms with E-state index in [4.69, 9.17) is 4.74 Å². The summed E-state index contributed by atoms with van der Waals surface area (Å²) in [6.07, 6.45) is 12.6. The van der Waals surface area contributed by atoms with E-state index in [1.807, 2.05) is 0 Å². The van der Waals surface area contributed by atoms with Crippen molar-refractivity contribution in [1.29, 1.82) is 0 Å². The van der Waals surface area contributed by atoms with Crippen molar-refractivity contribution in [3.05, 3.63) is 11.6 Å². The summed E-state index contributed by atoms with van der Waals surface area (Å²) < 4.78 is 5.87. The Bertz CT molecular complexity index is 992. The van der Waals surface area contributed by atoms with Gasteiger partial charge in [-0.15, -0.1) is 0 Å². The Balaban J connectivity index is 1.55. The Morgan fingerprint density at radius 2 is 1.56 bits per heavy atom. The molecule has 36 heavy (non-hydrogen) atoms. The quantitative estimate of drug-likeness (QED) is 0.311. The maximum absolute atomic E-state index is 12.8. The van der Waals surface area contributed by atoms with Gasteiger partial charge in [0.15, 0.2) is 0 Å². The van der Waals surface area contributed by atoms with E-state index in [2.05, 4.69) is 54.5 Å². The fraction of sp³-hybridized carbons (Fsp3) is 0.875. The molecule has 4 heteroatoms. The standard InChI is InChI=1S/C32H50O4/c1-20(33)36-25-12-13-29(6)23(28(25,4)5)11-14-31(8)24(29)10-9-21-22-19-27(2,3)15-17-32(22,26(34)35)18-16-30(21,31)7/h9,22-25H,10-19H2,1-8H3,(H,34,35)/t22-,23+,24+,25-,29+,30-,31-,32+/m1/s1. The highest BCUT2D eigenvalue weighted by Gasteiger charge is 2.69. The highest BCUT2D eigenvalue weighted by molar-refractivity contribution is 5.76. The number of fused-ring (bicyclic) bond motifs is 7. The Morgan fingerprint density at radius 1 is 0.889 bits per heavy atom. The summed E-state index contributed by atoms with van der Waals surface area (Å²) in [4.78, 5) is 24.7. The lowest BCUT2D eigenvalue weighted by atomic mass is 9.33. The lowest BCUT2D eigenvalue weighted by molar-refractivity contribution is -0.213. The molecule has 5 aliphatic carbocycles. The third kappa shape index (κ3) is 3.30. The maximum Gasteiger partial charge on any atom is 0.310 e. The Morgan fingerprint density at radius 3 is 2.19 bits per heavy atom. The fourth-order valence-corrected chi connectivity index (χ4v) is 11.0. The molecule has 4 fully saturated rings. The number of esters is 1. The molecule has 0 bridgehead atoms. The van der Waals surface area contributed by atoms with E-state index in [0.717, 1.165) is 57.8 Å². The third-order valence-electron chi connectivity index (χ3n) is 13.3. The molecule has 1 N–H and O–H groups in total. The predicted molar refractivity (Wildman–Crippen MR) is 142 cm³/mol. The van der Waals surface area contributed by atoms with Crippen molar-refractivity contribution >= 4 is 11.9 Å². The number of hydrogen-bond acceptors (Lipinski definition) is 3. The fourth-order valence-electron chi connectivity index (χ4n) is 11.0. The van der Waals surface area contributed by atoms with Gasteiger partial charge < -0.3 is 9.84 Å². The smallest absolute Gasteiger partial charge is 0.310 e. The molecule has 0 aromatic heterocycles. The number of allylic oxidation sites excluding steroid dienone is 2. The average Bonchev–Trinajstić information content (AvgIpc) is 2.75. The Labute approximate surface area is 219 Å². The predicted octanol–water partition coefficient (Wildman–Crippen LogP) is 7.80. The molecule has 8 atom stereocenters. The van der Waals surface area contributed by atoms with Crippen LogP contribution in [0.2, 0.25) is 0 Å². The summed E-state index contributed by atoms with van der Waals surface area (Å²) in [6, 6.07) is 0. The van der Waals surface area contributed by atoms with Gasteiger partial charge in [-0.3, -0.25) is 9.59 Å². The van der Waals surface area contributed by atoms with Crippen LogP contribution in [0.3, 0.4) is 0 Å². The number of ether oxygens (including phenoxy) is 1. The highest BCUT2D eigenvalue weighted by atomic mass is 16.5. The molecular formula is C32H50O4. The summed E-state index contributed by atoms with van der Waals surface area (Å²) in [6.45, 7) is 18.5. The zero-order valence-corrected chi connectivity index (χ0v) is 24.1. The number of aliphatic carboxylic acids is 1. The molecule has 5 aliphatic rings. The first-order valence-electron chi connectivity index (χ1n) is 14.6. The van der Waals surface area contributed by atoms with Crippen LogP contribution in [0.1, 0.15) is 120 Å². The van der Waals surface area contributed by atoms with Crippen LogP contribution in [0.4, 0.5) is 0 Å². The van der Waals surface area contributed by atoms with Gasteiger partial charge in [-0.1, -0.05) is 60.1 Å². The summed E-state index contributed by atoms with van der Waals surface area (Å²) in [5.74, 6) is 0.546. The highest BCUT2D eigenvalue weighted by Crippen LogP contribution is 2.75. The second-order valence-corrected chi connectivity index (χ2v) is 15.6. The molecule has 4 nitrogen and oxygen atoms in total. The first kappa shape index (κ1) is 26.3. The van der Waals surface area contributed by atoms with Gasteiger partial charge in [0.25, 0.3) is 0 Å². The second-order valence-electron chi connectivity index (χ2n) is 15.6. The first-order chi connectivity index (χ1) is 16.5. The number of rotatable bonds is 2. The molecular weight excluding hydrogens is 448 g/mol. The van der Waals surface area contributed by atoms with Crippen molar-refractivity contribution in [3.63, 3.8) is 0 Å². The van der Waals surface area contributed by atoms with Crippen LogP contribution in [0, 0.1) is 50.2 Å². The van der Waals surface area contributed by atoms with Crippen LogP contribution in [0.5, 0.6) is 0 Å². The van der Waals surface area contributed by atoms with Crippen molar-refractivity contribution in [2.75, 3.05) is 0 Å². The zero-order valence-electron chi connectivity index (χ0n) is 24.1. The van der Waals surface area contributed by atoms with Crippen molar-refractivity contribution < 1.29 is 19.4 Å². The lowest BCUT2D eigenvalue weighted by Crippen LogP contribution is -2.65. The zero-order chi connectivity index (χ0) is 26.5. The molecule has 0 amide bonds. The first-order valence-corrected chi connectivity index (χ1v) is 14.6. The van der Waals surface area contributed by atoms with Crippen LogP contribution in [0.15, 0.2) is 11.6 Å². The number of carbonyl (C=O) groups is 2. The molecule has 0 saturated heterocycles. The van der Waals surface area contributed by atoms with Gasteiger partial charge in [0.05, 0.1) is 5.41 Å². The van der Waals surface area contributed by atoms with Crippen molar-refractivity contribution in [2.45, 2.75) is 126 Å². The summed E-state index contributed by atoms with van der Waals surface area (Å²) in [7, 11) is 0. The van der Waals surface area contributed by atoms with Crippen molar-refractivity contribution in [3.8, 4) is 0 Å². The number of hydrogen-bond donors (Lipinski definition) is 1. The largest absolute Gasteiger partial charge is 0.481 e. The van der Waals surface area contributed by atoms with E-state index in [1.165, 1.54) is 12.0 Å². The second kappa shape index (κ2) is 7.85. The van der Waals surface area contributed by atoms with Gasteiger partial charge in [0.2, 0.25) is 0 Å². The Kier molecular flexibility index (Phi) is 5.74. The van der Waals surface area contributed by atoms with Gasteiger partial charge in [0.1, 0.15) is 6.10 Å². The van der Waals surface area contributed by atoms with Gasteiger partial charge in [-0.25, -0.2) is 0 Å². The maximum atomic E-state index is 12.8. The van der Waals surface area contributed by atoms with E-state index >= 15 is 0 Å². The van der Waals surface area contributed by atoms with Crippen molar-refractivity contribution in [2.24, 2.45) is 50.2 Å². The monoisotopic (exact) mass is 498 g/mol. The van der Waals surface area contributed by atoms with Crippen LogP contribution >= 0.6 is 0 Å². The number of carbonyl (C=O) groups excluding carboxylic acids is 1. The van der Waals surface area contributed by atoms with E-state index in [9.17, 15) is 14.7 Å². The molecule has 0 spiro atoms. The number of carboxylic acid groups (broad SMARTS) is 1. The van der Waals surface area contributed by atoms with E-state index in [0.29, 0.717) is 11.8 Å². The van der Waals surface area contributed by atoms with Crippen LogP contribution in [-0.2, 0) is 14.3 Å². The molecule has 5 rings (SSSR count). The Hall–Kier alpha value is -1.32. The van der Waals surface area contributed by atoms with E-state index in [-0.39, 0.29) is 45.1 Å². The summed E-state index contributed by atoms with van der Waals surface area (Å²) >= 11 is 0. The number of carboxylic acids is 1. The minimum absolute atomic E-state index is 0.00181. The third-order valence-corrected chi connectivity index (χ3v) is 13.3. The average molecular weight is 499 g/mol. The normalized spacial score (nSPS) is 48.8. The minimum atomic E-state index is -0.574. The molecule has 0 radical (unpaired) electrons. The lowest BCUT2D eigenvalue weighted by Gasteiger charge is -2.71. The van der Waals surface area contributed by atoms with Crippen LogP contribution in [-0.4, -0.2) is 23.1 Å². The van der Waals surface area contributed by atoms with E-state index in [1.54, 1.807) is 6.92 Å². The molecule has 0 aromatic carbocycles.